The second kappa shape index (κ2) is 7.27. The van der Waals surface area contributed by atoms with E-state index in [9.17, 15) is 4.79 Å². The van der Waals surface area contributed by atoms with E-state index in [4.69, 9.17) is 9.47 Å². The molecule has 0 saturated carbocycles. The third-order valence-corrected chi connectivity index (χ3v) is 5.51. The molecule has 4 rings (SSSR count). The maximum absolute atomic E-state index is 13.1. The maximum atomic E-state index is 13.1. The van der Waals surface area contributed by atoms with Gasteiger partial charge in [0.25, 0.3) is 5.91 Å². The van der Waals surface area contributed by atoms with Crippen LogP contribution in [0.1, 0.15) is 28.2 Å². The van der Waals surface area contributed by atoms with E-state index in [1.165, 1.54) is 0 Å². The summed E-state index contributed by atoms with van der Waals surface area (Å²) in [5.74, 6) is 2.20. The maximum Gasteiger partial charge on any atom is 0.255 e. The van der Waals surface area contributed by atoms with Crippen LogP contribution in [0.2, 0.25) is 0 Å². The molecule has 1 aromatic carbocycles. The number of amides is 1. The Bertz CT molecular complexity index is 859. The normalized spacial score (nSPS) is 18.8. The van der Waals surface area contributed by atoms with Crippen LogP contribution >= 0.6 is 0 Å². The molecule has 0 unspecified atom stereocenters. The minimum atomic E-state index is 0.130. The first-order chi connectivity index (χ1) is 13.1. The molecule has 6 nitrogen and oxygen atoms in total. The minimum absolute atomic E-state index is 0.130. The van der Waals surface area contributed by atoms with E-state index >= 15 is 0 Å². The third-order valence-electron chi connectivity index (χ3n) is 5.51. The number of aryl methyl sites for hydroxylation is 1. The Morgan fingerprint density at radius 3 is 2.74 bits per heavy atom. The number of carbonyl (C=O) groups is 1. The fourth-order valence-corrected chi connectivity index (χ4v) is 4.19. The van der Waals surface area contributed by atoms with Crippen LogP contribution in [0.3, 0.4) is 0 Å². The molecule has 0 radical (unpaired) electrons. The SMILES string of the molecule is CNC[C@H]1CCN(C(=O)c2cc(C)n(-c3ccc4c(c3)OCCO4)c2C)C1. The molecule has 0 spiro atoms. The summed E-state index contributed by atoms with van der Waals surface area (Å²) in [6, 6.07) is 7.94. The zero-order valence-corrected chi connectivity index (χ0v) is 16.2. The van der Waals surface area contributed by atoms with Crippen LogP contribution in [-0.4, -0.2) is 55.3 Å². The van der Waals surface area contributed by atoms with Gasteiger partial charge in [-0.25, -0.2) is 0 Å². The average molecular weight is 369 g/mol. The van der Waals surface area contributed by atoms with Crippen molar-refractivity contribution in [2.45, 2.75) is 20.3 Å². The second-order valence-corrected chi connectivity index (χ2v) is 7.41. The molecule has 2 aliphatic heterocycles. The van der Waals surface area contributed by atoms with Crippen molar-refractivity contribution >= 4 is 5.91 Å². The van der Waals surface area contributed by atoms with Crippen molar-refractivity contribution in [3.05, 3.63) is 41.2 Å². The Morgan fingerprint density at radius 2 is 1.96 bits per heavy atom. The monoisotopic (exact) mass is 369 g/mol. The van der Waals surface area contributed by atoms with Crippen molar-refractivity contribution in [3.63, 3.8) is 0 Å². The van der Waals surface area contributed by atoms with E-state index in [1.807, 2.05) is 50.1 Å². The Balaban J connectivity index is 1.62. The number of nitrogens with zero attached hydrogens (tertiary/aromatic N) is 2. The molecule has 1 saturated heterocycles. The molecule has 27 heavy (non-hydrogen) atoms. The Hall–Kier alpha value is -2.47. The first-order valence-electron chi connectivity index (χ1n) is 9.61. The van der Waals surface area contributed by atoms with Crippen LogP contribution in [0.25, 0.3) is 5.69 Å². The Kier molecular flexibility index (Phi) is 4.83. The van der Waals surface area contributed by atoms with E-state index in [1.54, 1.807) is 0 Å². The fourth-order valence-electron chi connectivity index (χ4n) is 4.19. The molecule has 144 valence electrons. The molecule has 1 fully saturated rings. The average Bonchev–Trinajstić information content (AvgIpc) is 3.25. The highest BCUT2D eigenvalue weighted by molar-refractivity contribution is 5.96. The largest absolute Gasteiger partial charge is 0.486 e. The van der Waals surface area contributed by atoms with Crippen molar-refractivity contribution in [1.29, 1.82) is 0 Å². The summed E-state index contributed by atoms with van der Waals surface area (Å²) < 4.78 is 13.4. The molecule has 1 atom stereocenters. The molecule has 6 heteroatoms. The fraction of sp³-hybridized carbons (Fsp3) is 0.476. The molecule has 1 N–H and O–H groups in total. The van der Waals surface area contributed by atoms with Crippen LogP contribution in [0, 0.1) is 19.8 Å². The van der Waals surface area contributed by atoms with E-state index in [-0.39, 0.29) is 5.91 Å². The van der Waals surface area contributed by atoms with Crippen LogP contribution in [-0.2, 0) is 0 Å². The highest BCUT2D eigenvalue weighted by Crippen LogP contribution is 2.33. The molecule has 0 bridgehead atoms. The second-order valence-electron chi connectivity index (χ2n) is 7.41. The van der Waals surface area contributed by atoms with Gasteiger partial charge in [0.1, 0.15) is 13.2 Å². The summed E-state index contributed by atoms with van der Waals surface area (Å²) in [5.41, 5.74) is 3.78. The number of benzene rings is 1. The van der Waals surface area contributed by atoms with Gasteiger partial charge < -0.3 is 24.3 Å². The van der Waals surface area contributed by atoms with Gasteiger partial charge in [-0.2, -0.15) is 0 Å². The first kappa shape index (κ1) is 17.9. The number of likely N-dealkylation sites (tertiary alicyclic amines) is 1. The number of carbonyl (C=O) groups excluding carboxylic acids is 1. The summed E-state index contributed by atoms with van der Waals surface area (Å²) in [6.07, 6.45) is 1.06. The molecular formula is C21H27N3O3. The number of rotatable bonds is 4. The lowest BCUT2D eigenvalue weighted by molar-refractivity contribution is 0.0786. The predicted molar refractivity (Wildman–Crippen MR) is 104 cm³/mol. The summed E-state index contributed by atoms with van der Waals surface area (Å²) in [5, 5.41) is 3.22. The minimum Gasteiger partial charge on any atom is -0.486 e. The Morgan fingerprint density at radius 1 is 1.19 bits per heavy atom. The van der Waals surface area contributed by atoms with Crippen LogP contribution in [0.4, 0.5) is 0 Å². The number of hydrogen-bond acceptors (Lipinski definition) is 4. The van der Waals surface area contributed by atoms with Gasteiger partial charge in [-0.15, -0.1) is 0 Å². The van der Waals surface area contributed by atoms with E-state index < -0.39 is 0 Å². The topological polar surface area (TPSA) is 55.7 Å². The molecule has 2 aliphatic rings. The van der Waals surface area contributed by atoms with Gasteiger partial charge in [-0.1, -0.05) is 0 Å². The van der Waals surface area contributed by atoms with Gasteiger partial charge in [0, 0.05) is 36.2 Å². The molecule has 1 amide bonds. The van der Waals surface area contributed by atoms with Gasteiger partial charge >= 0.3 is 0 Å². The quantitative estimate of drug-likeness (QED) is 0.900. The highest BCUT2D eigenvalue weighted by Gasteiger charge is 2.29. The molecule has 2 aromatic rings. The summed E-state index contributed by atoms with van der Waals surface area (Å²) >= 11 is 0. The number of nitrogens with one attached hydrogen (secondary N) is 1. The van der Waals surface area contributed by atoms with Crippen molar-refractivity contribution in [2.24, 2.45) is 5.92 Å². The number of fused-ring (bicyclic) bond motifs is 1. The van der Waals surface area contributed by atoms with Crippen molar-refractivity contribution < 1.29 is 14.3 Å². The van der Waals surface area contributed by atoms with Crippen molar-refractivity contribution in [1.82, 2.24) is 14.8 Å². The van der Waals surface area contributed by atoms with Gasteiger partial charge in [-0.05, 0) is 58.0 Å². The summed E-state index contributed by atoms with van der Waals surface area (Å²) in [7, 11) is 1.96. The van der Waals surface area contributed by atoms with Gasteiger partial charge in [0.15, 0.2) is 11.5 Å². The zero-order chi connectivity index (χ0) is 19.0. The van der Waals surface area contributed by atoms with E-state index in [0.717, 1.165) is 60.2 Å². The van der Waals surface area contributed by atoms with Gasteiger partial charge in [0.05, 0.1) is 5.56 Å². The van der Waals surface area contributed by atoms with Crippen LogP contribution in [0.15, 0.2) is 24.3 Å². The van der Waals surface area contributed by atoms with Gasteiger partial charge in [0.2, 0.25) is 0 Å². The third kappa shape index (κ3) is 3.30. The van der Waals surface area contributed by atoms with Crippen LogP contribution in [0.5, 0.6) is 11.5 Å². The van der Waals surface area contributed by atoms with Crippen molar-refractivity contribution in [2.75, 3.05) is 39.9 Å². The first-order valence-corrected chi connectivity index (χ1v) is 9.61. The van der Waals surface area contributed by atoms with Crippen molar-refractivity contribution in [3.8, 4) is 17.2 Å². The molecule has 1 aromatic heterocycles. The molecular weight excluding hydrogens is 342 g/mol. The number of hydrogen-bond donors (Lipinski definition) is 1. The lowest BCUT2D eigenvalue weighted by atomic mass is 10.1. The predicted octanol–water partition coefficient (Wildman–Crippen LogP) is 2.55. The zero-order valence-electron chi connectivity index (χ0n) is 16.2. The molecule has 0 aliphatic carbocycles. The molecule has 3 heterocycles. The standard InChI is InChI=1S/C21H27N3O3/c1-14-10-18(21(25)23-7-6-16(13-23)12-22-3)15(2)24(14)17-4-5-19-20(11-17)27-9-8-26-19/h4-5,10-11,16,22H,6-9,12-13H2,1-3H3/t16-/m1/s1. The number of ether oxygens (including phenoxy) is 2. The highest BCUT2D eigenvalue weighted by atomic mass is 16.6. The summed E-state index contributed by atoms with van der Waals surface area (Å²) in [6.45, 7) is 7.81. The van der Waals surface area contributed by atoms with E-state index in [0.29, 0.717) is 19.1 Å². The lowest BCUT2D eigenvalue weighted by Crippen LogP contribution is -2.30. The van der Waals surface area contributed by atoms with Gasteiger partial charge in [-0.3, -0.25) is 4.79 Å². The van der Waals surface area contributed by atoms with Crippen LogP contribution < -0.4 is 14.8 Å². The number of aromatic nitrogens is 1. The summed E-state index contributed by atoms with van der Waals surface area (Å²) in [4.78, 5) is 15.1. The lowest BCUT2D eigenvalue weighted by Gasteiger charge is -2.20. The van der Waals surface area contributed by atoms with E-state index in [2.05, 4.69) is 9.88 Å². The smallest absolute Gasteiger partial charge is 0.255 e. The Labute approximate surface area is 160 Å².